The molecule has 0 bridgehead atoms. The number of imidazole rings is 1. The molecule has 1 aromatic heterocycles. The van der Waals surface area contributed by atoms with Crippen LogP contribution in [-0.4, -0.2) is 38.9 Å². The summed E-state index contributed by atoms with van der Waals surface area (Å²) in [6.07, 6.45) is -3.89. The largest absolute Gasteiger partial charge is 0.418 e. The zero-order valence-corrected chi connectivity index (χ0v) is 18.4. The summed E-state index contributed by atoms with van der Waals surface area (Å²) in [6, 6.07) is 11.8. The maximum absolute atomic E-state index is 13.2. The number of amides is 2. The lowest BCUT2D eigenvalue weighted by atomic mass is 10.1. The number of nitrogens with zero attached hydrogens (tertiary/aromatic N) is 3. The Hall–Kier alpha value is -3.56. The highest BCUT2D eigenvalue weighted by Gasteiger charge is 2.33. The number of para-hydroxylation sites is 3. The van der Waals surface area contributed by atoms with E-state index in [0.29, 0.717) is 17.6 Å². The molecule has 0 aliphatic heterocycles. The Bertz CT molecular complexity index is 1210. The fourth-order valence-electron chi connectivity index (χ4n) is 3.68. The average Bonchev–Trinajstić information content (AvgIpc) is 3.03. The van der Waals surface area contributed by atoms with Crippen LogP contribution in [0.15, 0.2) is 53.3 Å². The summed E-state index contributed by atoms with van der Waals surface area (Å²) in [6.45, 7) is 3.52. The quantitative estimate of drug-likeness (QED) is 0.555. The van der Waals surface area contributed by atoms with Crippen LogP contribution in [0.5, 0.6) is 0 Å². The van der Waals surface area contributed by atoms with Crippen LogP contribution in [0.2, 0.25) is 0 Å². The van der Waals surface area contributed by atoms with E-state index in [2.05, 4.69) is 5.32 Å². The maximum atomic E-state index is 13.2. The van der Waals surface area contributed by atoms with E-state index >= 15 is 0 Å². The summed E-state index contributed by atoms with van der Waals surface area (Å²) in [7, 11) is 0. The molecule has 0 radical (unpaired) electrons. The summed E-state index contributed by atoms with van der Waals surface area (Å²) >= 11 is 0. The molecule has 0 saturated carbocycles. The SMILES string of the molecule is CCCn1c(=O)n(CC(=O)N(CC)CC(=O)Nc2ccccc2C(F)(F)F)c2ccccc21. The van der Waals surface area contributed by atoms with Gasteiger partial charge in [-0.1, -0.05) is 31.2 Å². The first-order valence-electron chi connectivity index (χ1n) is 10.6. The predicted molar refractivity (Wildman–Crippen MR) is 119 cm³/mol. The predicted octanol–water partition coefficient (Wildman–Crippen LogP) is 3.72. The molecule has 0 spiro atoms. The monoisotopic (exact) mass is 462 g/mol. The van der Waals surface area contributed by atoms with Crippen molar-refractivity contribution in [3.8, 4) is 0 Å². The van der Waals surface area contributed by atoms with Crippen LogP contribution in [0.4, 0.5) is 18.9 Å². The van der Waals surface area contributed by atoms with Gasteiger partial charge in [-0.3, -0.25) is 18.7 Å². The number of carbonyl (C=O) groups is 2. The summed E-state index contributed by atoms with van der Waals surface area (Å²) in [5, 5.41) is 2.24. The van der Waals surface area contributed by atoms with E-state index in [1.54, 1.807) is 29.7 Å². The standard InChI is InChI=1S/C23H25F3N4O3/c1-3-13-29-18-11-7-8-12-19(18)30(22(29)33)15-21(32)28(4-2)14-20(31)27-17-10-6-5-9-16(17)23(24,25)26/h5-12H,3-4,13-15H2,1-2H3,(H,27,31). The number of anilines is 1. The summed E-state index contributed by atoms with van der Waals surface area (Å²) in [5.41, 5.74) is -0.364. The Morgan fingerprint density at radius 3 is 2.18 bits per heavy atom. The van der Waals surface area contributed by atoms with Gasteiger partial charge in [0.05, 0.1) is 28.8 Å². The second-order valence-electron chi connectivity index (χ2n) is 7.51. The number of halogens is 3. The molecule has 7 nitrogen and oxygen atoms in total. The first kappa shape index (κ1) is 24.1. The van der Waals surface area contributed by atoms with Crippen LogP contribution >= 0.6 is 0 Å². The first-order valence-corrected chi connectivity index (χ1v) is 10.6. The smallest absolute Gasteiger partial charge is 0.332 e. The Morgan fingerprint density at radius 2 is 1.58 bits per heavy atom. The number of benzene rings is 2. The van der Waals surface area contributed by atoms with Crippen molar-refractivity contribution >= 4 is 28.5 Å². The third-order valence-corrected chi connectivity index (χ3v) is 5.24. The van der Waals surface area contributed by atoms with E-state index in [4.69, 9.17) is 0 Å². The molecule has 33 heavy (non-hydrogen) atoms. The number of carbonyl (C=O) groups excluding carboxylic acids is 2. The number of fused-ring (bicyclic) bond motifs is 1. The second kappa shape index (κ2) is 9.93. The Morgan fingerprint density at radius 1 is 0.970 bits per heavy atom. The molecule has 0 atom stereocenters. The topological polar surface area (TPSA) is 76.3 Å². The highest BCUT2D eigenvalue weighted by atomic mass is 19.4. The van der Waals surface area contributed by atoms with Crippen molar-refractivity contribution < 1.29 is 22.8 Å². The van der Waals surface area contributed by atoms with Crippen molar-refractivity contribution in [2.75, 3.05) is 18.4 Å². The van der Waals surface area contributed by atoms with Crippen molar-refractivity contribution in [1.82, 2.24) is 14.0 Å². The van der Waals surface area contributed by atoms with Gasteiger partial charge in [0.15, 0.2) is 0 Å². The number of aryl methyl sites for hydroxylation is 1. The highest BCUT2D eigenvalue weighted by Crippen LogP contribution is 2.34. The Balaban J connectivity index is 1.78. The summed E-state index contributed by atoms with van der Waals surface area (Å²) in [5.74, 6) is -1.25. The maximum Gasteiger partial charge on any atom is 0.418 e. The third-order valence-electron chi connectivity index (χ3n) is 5.24. The third kappa shape index (κ3) is 5.27. The minimum absolute atomic E-state index is 0.148. The number of hydrogen-bond donors (Lipinski definition) is 1. The molecule has 3 rings (SSSR count). The van der Waals surface area contributed by atoms with Crippen LogP contribution in [-0.2, 0) is 28.9 Å². The second-order valence-corrected chi connectivity index (χ2v) is 7.51. The van der Waals surface area contributed by atoms with Crippen molar-refractivity contribution in [1.29, 1.82) is 0 Å². The van der Waals surface area contributed by atoms with Crippen LogP contribution < -0.4 is 11.0 Å². The van der Waals surface area contributed by atoms with Crippen molar-refractivity contribution in [2.45, 2.75) is 39.5 Å². The lowest BCUT2D eigenvalue weighted by molar-refractivity contribution is -0.137. The van der Waals surface area contributed by atoms with Crippen LogP contribution in [0.3, 0.4) is 0 Å². The Kier molecular flexibility index (Phi) is 7.25. The molecular weight excluding hydrogens is 437 g/mol. The highest BCUT2D eigenvalue weighted by molar-refractivity contribution is 5.95. The molecule has 2 amide bonds. The van der Waals surface area contributed by atoms with Gasteiger partial charge in [0.2, 0.25) is 11.8 Å². The van der Waals surface area contributed by atoms with Crippen LogP contribution in [0, 0.1) is 0 Å². The van der Waals surface area contributed by atoms with E-state index in [1.165, 1.54) is 21.6 Å². The van der Waals surface area contributed by atoms with Crippen molar-refractivity contribution in [3.05, 3.63) is 64.6 Å². The number of aromatic nitrogens is 2. The number of likely N-dealkylation sites (N-methyl/N-ethyl adjacent to an activating group) is 1. The summed E-state index contributed by atoms with van der Waals surface area (Å²) in [4.78, 5) is 39.4. The lowest BCUT2D eigenvalue weighted by Crippen LogP contribution is -2.41. The van der Waals surface area contributed by atoms with Gasteiger partial charge in [-0.25, -0.2) is 4.79 Å². The number of hydrogen-bond acceptors (Lipinski definition) is 3. The van der Waals surface area contributed by atoms with Crippen molar-refractivity contribution in [3.63, 3.8) is 0 Å². The van der Waals surface area contributed by atoms with Crippen LogP contribution in [0.25, 0.3) is 11.0 Å². The zero-order valence-electron chi connectivity index (χ0n) is 18.4. The Labute approximate surface area is 188 Å². The first-order chi connectivity index (χ1) is 15.7. The van der Waals surface area contributed by atoms with Gasteiger partial charge in [-0.05, 0) is 37.6 Å². The van der Waals surface area contributed by atoms with Gasteiger partial charge in [0, 0.05) is 13.1 Å². The minimum atomic E-state index is -4.63. The van der Waals surface area contributed by atoms with E-state index < -0.39 is 30.1 Å². The van der Waals surface area contributed by atoms with E-state index in [1.807, 2.05) is 13.0 Å². The van der Waals surface area contributed by atoms with Gasteiger partial charge in [0.25, 0.3) is 0 Å². The molecule has 0 fully saturated rings. The minimum Gasteiger partial charge on any atom is -0.332 e. The molecular formula is C23H25F3N4O3. The van der Waals surface area contributed by atoms with E-state index in [-0.39, 0.29) is 24.5 Å². The van der Waals surface area contributed by atoms with Crippen molar-refractivity contribution in [2.24, 2.45) is 0 Å². The molecule has 0 unspecified atom stereocenters. The number of rotatable bonds is 8. The summed E-state index contributed by atoms with van der Waals surface area (Å²) < 4.78 is 42.5. The molecule has 0 aliphatic carbocycles. The fraction of sp³-hybridized carbons (Fsp3) is 0.348. The normalized spacial score (nSPS) is 11.5. The fourth-order valence-corrected chi connectivity index (χ4v) is 3.68. The van der Waals surface area contributed by atoms with Gasteiger partial charge in [-0.15, -0.1) is 0 Å². The molecule has 2 aromatic carbocycles. The molecule has 1 N–H and O–H groups in total. The molecule has 0 saturated heterocycles. The van der Waals surface area contributed by atoms with Gasteiger partial charge in [0.1, 0.15) is 6.54 Å². The molecule has 10 heteroatoms. The van der Waals surface area contributed by atoms with E-state index in [9.17, 15) is 27.6 Å². The lowest BCUT2D eigenvalue weighted by Gasteiger charge is -2.21. The molecule has 3 aromatic rings. The number of nitrogens with one attached hydrogen (secondary N) is 1. The molecule has 1 heterocycles. The van der Waals surface area contributed by atoms with Gasteiger partial charge < -0.3 is 10.2 Å². The van der Waals surface area contributed by atoms with Gasteiger partial charge >= 0.3 is 11.9 Å². The van der Waals surface area contributed by atoms with Crippen LogP contribution in [0.1, 0.15) is 25.8 Å². The number of alkyl halides is 3. The van der Waals surface area contributed by atoms with Gasteiger partial charge in [-0.2, -0.15) is 13.2 Å². The molecule has 176 valence electrons. The zero-order chi connectivity index (χ0) is 24.2. The average molecular weight is 462 g/mol. The van der Waals surface area contributed by atoms with E-state index in [0.717, 1.165) is 18.6 Å². The molecule has 0 aliphatic rings.